The number of rotatable bonds is 1. The highest BCUT2D eigenvalue weighted by atomic mass is 35.5. The van der Waals surface area contributed by atoms with Gasteiger partial charge in [-0.05, 0) is 29.7 Å². The van der Waals surface area contributed by atoms with Crippen molar-refractivity contribution >= 4 is 34.1 Å². The first-order valence-corrected chi connectivity index (χ1v) is 5.70. The van der Waals surface area contributed by atoms with E-state index in [-0.39, 0.29) is 11.4 Å². The zero-order valence-corrected chi connectivity index (χ0v) is 10.4. The maximum atomic E-state index is 13.6. The largest absolute Gasteiger partial charge is 0.233 e. The Morgan fingerprint density at radius 2 is 1.88 bits per heavy atom. The first kappa shape index (κ1) is 11.6. The van der Waals surface area contributed by atoms with E-state index in [4.69, 9.17) is 23.2 Å². The maximum absolute atomic E-state index is 13.6. The molecule has 0 bridgehead atoms. The van der Waals surface area contributed by atoms with Crippen LogP contribution in [0.15, 0.2) is 18.2 Å². The van der Waals surface area contributed by atoms with E-state index in [9.17, 15) is 4.39 Å². The second-order valence-electron chi connectivity index (χ2n) is 3.98. The summed E-state index contributed by atoms with van der Waals surface area (Å²) < 4.78 is 13.6. The van der Waals surface area contributed by atoms with E-state index in [0.717, 1.165) is 5.56 Å². The SMILES string of the molecule is CC(C)c1cc2cc(Cl)cc(F)c2nc1Cl. The van der Waals surface area contributed by atoms with Crippen molar-refractivity contribution in [1.82, 2.24) is 4.98 Å². The lowest BCUT2D eigenvalue weighted by molar-refractivity contribution is 0.636. The Balaban J connectivity index is 2.79. The monoisotopic (exact) mass is 257 g/mol. The fourth-order valence-electron chi connectivity index (χ4n) is 1.61. The van der Waals surface area contributed by atoms with E-state index in [2.05, 4.69) is 4.98 Å². The van der Waals surface area contributed by atoms with E-state index < -0.39 is 5.82 Å². The summed E-state index contributed by atoms with van der Waals surface area (Å²) in [5.74, 6) is -0.203. The van der Waals surface area contributed by atoms with Crippen LogP contribution in [0.2, 0.25) is 10.2 Å². The zero-order valence-electron chi connectivity index (χ0n) is 8.89. The quantitative estimate of drug-likeness (QED) is 0.669. The first-order valence-electron chi connectivity index (χ1n) is 4.94. The van der Waals surface area contributed by atoms with Crippen LogP contribution in [0.4, 0.5) is 4.39 Å². The topological polar surface area (TPSA) is 12.9 Å². The van der Waals surface area contributed by atoms with Crippen molar-refractivity contribution in [3.8, 4) is 0 Å². The van der Waals surface area contributed by atoms with Crippen LogP contribution in [0.1, 0.15) is 25.3 Å². The number of nitrogens with zero attached hydrogens (tertiary/aromatic N) is 1. The van der Waals surface area contributed by atoms with Crippen LogP contribution in [0.25, 0.3) is 10.9 Å². The molecule has 0 amide bonds. The molecule has 0 N–H and O–H groups in total. The van der Waals surface area contributed by atoms with Gasteiger partial charge in [0.05, 0.1) is 0 Å². The molecule has 1 heterocycles. The van der Waals surface area contributed by atoms with Gasteiger partial charge in [-0.3, -0.25) is 0 Å². The van der Waals surface area contributed by atoms with E-state index >= 15 is 0 Å². The lowest BCUT2D eigenvalue weighted by atomic mass is 10.0. The van der Waals surface area contributed by atoms with Crippen LogP contribution in [-0.2, 0) is 0 Å². The molecule has 0 spiro atoms. The van der Waals surface area contributed by atoms with Gasteiger partial charge < -0.3 is 0 Å². The number of hydrogen-bond donors (Lipinski definition) is 0. The fraction of sp³-hybridized carbons (Fsp3) is 0.250. The van der Waals surface area contributed by atoms with Crippen molar-refractivity contribution in [1.29, 1.82) is 0 Å². The molecule has 0 atom stereocenters. The number of fused-ring (bicyclic) bond motifs is 1. The Kier molecular flexibility index (Phi) is 3.04. The highest BCUT2D eigenvalue weighted by Gasteiger charge is 2.11. The second kappa shape index (κ2) is 4.19. The molecule has 84 valence electrons. The molecule has 4 heteroatoms. The van der Waals surface area contributed by atoms with Crippen molar-refractivity contribution in [2.24, 2.45) is 0 Å². The summed E-state index contributed by atoms with van der Waals surface area (Å²) in [6.07, 6.45) is 0. The molecule has 1 aromatic carbocycles. The van der Waals surface area contributed by atoms with Crippen molar-refractivity contribution in [3.05, 3.63) is 39.8 Å². The molecule has 0 saturated carbocycles. The molecule has 0 aliphatic heterocycles. The second-order valence-corrected chi connectivity index (χ2v) is 4.78. The van der Waals surface area contributed by atoms with Gasteiger partial charge in [-0.2, -0.15) is 0 Å². The Labute approximate surface area is 103 Å². The fourth-order valence-corrected chi connectivity index (χ4v) is 2.18. The van der Waals surface area contributed by atoms with E-state index in [1.54, 1.807) is 6.07 Å². The predicted molar refractivity (Wildman–Crippen MR) is 65.8 cm³/mol. The molecule has 0 radical (unpaired) electrons. The lowest BCUT2D eigenvalue weighted by Gasteiger charge is -2.09. The maximum Gasteiger partial charge on any atom is 0.150 e. The minimum Gasteiger partial charge on any atom is -0.233 e. The minimum absolute atomic E-state index is 0.242. The minimum atomic E-state index is -0.445. The summed E-state index contributed by atoms with van der Waals surface area (Å²) in [6.45, 7) is 4.02. The van der Waals surface area contributed by atoms with Gasteiger partial charge in [0.15, 0.2) is 5.82 Å². The van der Waals surface area contributed by atoms with Gasteiger partial charge in [-0.25, -0.2) is 9.37 Å². The summed E-state index contributed by atoms with van der Waals surface area (Å²) >= 11 is 11.8. The third-order valence-electron chi connectivity index (χ3n) is 2.44. The molecular weight excluding hydrogens is 248 g/mol. The molecule has 0 fully saturated rings. The normalized spacial score (nSPS) is 11.4. The number of pyridine rings is 1. The van der Waals surface area contributed by atoms with Gasteiger partial charge in [0, 0.05) is 10.4 Å². The molecule has 16 heavy (non-hydrogen) atoms. The van der Waals surface area contributed by atoms with Gasteiger partial charge in [0.1, 0.15) is 10.7 Å². The average Bonchev–Trinajstić information content (AvgIpc) is 2.18. The molecule has 0 unspecified atom stereocenters. The van der Waals surface area contributed by atoms with Crippen LogP contribution < -0.4 is 0 Å². The highest BCUT2D eigenvalue weighted by Crippen LogP contribution is 2.29. The number of halogens is 3. The Morgan fingerprint density at radius 1 is 1.19 bits per heavy atom. The van der Waals surface area contributed by atoms with Crippen LogP contribution in [0, 0.1) is 5.82 Å². The Bertz CT molecular complexity index is 552. The van der Waals surface area contributed by atoms with Crippen molar-refractivity contribution in [3.63, 3.8) is 0 Å². The zero-order chi connectivity index (χ0) is 11.9. The van der Waals surface area contributed by atoms with Gasteiger partial charge >= 0.3 is 0 Å². The number of aromatic nitrogens is 1. The molecule has 0 aliphatic rings. The van der Waals surface area contributed by atoms with Crippen LogP contribution >= 0.6 is 23.2 Å². The van der Waals surface area contributed by atoms with E-state index in [1.807, 2.05) is 19.9 Å². The molecule has 0 aliphatic carbocycles. The smallest absolute Gasteiger partial charge is 0.150 e. The molecule has 1 nitrogen and oxygen atoms in total. The first-order chi connectivity index (χ1) is 7.49. The van der Waals surface area contributed by atoms with Crippen LogP contribution in [-0.4, -0.2) is 4.98 Å². The van der Waals surface area contributed by atoms with Gasteiger partial charge in [0.2, 0.25) is 0 Å². The molecule has 1 aromatic heterocycles. The summed E-state index contributed by atoms with van der Waals surface area (Å²) in [5, 5.41) is 1.39. The standard InChI is InChI=1S/C12H10Cl2FN/c1-6(2)9-4-7-3-8(13)5-10(15)11(7)16-12(9)14/h3-6H,1-2H3. The predicted octanol–water partition coefficient (Wildman–Crippen LogP) is 4.80. The van der Waals surface area contributed by atoms with Gasteiger partial charge in [-0.15, -0.1) is 0 Å². The third-order valence-corrected chi connectivity index (χ3v) is 2.96. The summed E-state index contributed by atoms with van der Waals surface area (Å²) in [5.41, 5.74) is 1.16. The average molecular weight is 258 g/mol. The van der Waals surface area contributed by atoms with Crippen molar-refractivity contribution in [2.45, 2.75) is 19.8 Å². The molecule has 2 aromatic rings. The summed E-state index contributed by atoms with van der Waals surface area (Å²) in [7, 11) is 0. The highest BCUT2D eigenvalue weighted by molar-refractivity contribution is 6.32. The van der Waals surface area contributed by atoms with Crippen molar-refractivity contribution < 1.29 is 4.39 Å². The van der Waals surface area contributed by atoms with E-state index in [0.29, 0.717) is 15.6 Å². The Hall–Kier alpha value is -0.860. The van der Waals surface area contributed by atoms with Gasteiger partial charge in [-0.1, -0.05) is 37.0 Å². The third kappa shape index (κ3) is 2.00. The molecular formula is C12H10Cl2FN. The van der Waals surface area contributed by atoms with Gasteiger partial charge in [0.25, 0.3) is 0 Å². The number of benzene rings is 1. The molecule has 0 saturated heterocycles. The lowest BCUT2D eigenvalue weighted by Crippen LogP contribution is -1.94. The van der Waals surface area contributed by atoms with Crippen LogP contribution in [0.5, 0.6) is 0 Å². The summed E-state index contributed by atoms with van der Waals surface area (Å²) in [6, 6.07) is 4.77. The van der Waals surface area contributed by atoms with Crippen molar-refractivity contribution in [2.75, 3.05) is 0 Å². The molecule has 2 rings (SSSR count). The van der Waals surface area contributed by atoms with E-state index in [1.165, 1.54) is 6.07 Å². The van der Waals surface area contributed by atoms with Crippen LogP contribution in [0.3, 0.4) is 0 Å². The summed E-state index contributed by atoms with van der Waals surface area (Å²) in [4.78, 5) is 4.07. The number of hydrogen-bond acceptors (Lipinski definition) is 1. The Morgan fingerprint density at radius 3 is 2.50 bits per heavy atom.